The van der Waals surface area contributed by atoms with Gasteiger partial charge < -0.3 is 9.67 Å². The minimum absolute atomic E-state index is 0.101. The fraction of sp³-hybridized carbons (Fsp3) is 0.200. The van der Waals surface area contributed by atoms with Crippen LogP contribution in [0.2, 0.25) is 5.02 Å². The Morgan fingerprint density at radius 2 is 1.35 bits per heavy atom. The number of para-hydroxylation sites is 2. The van der Waals surface area contributed by atoms with E-state index in [-0.39, 0.29) is 18.0 Å². The highest BCUT2D eigenvalue weighted by Gasteiger charge is 2.30. The quantitative estimate of drug-likeness (QED) is 0.256. The molecule has 0 aliphatic carbocycles. The van der Waals surface area contributed by atoms with E-state index in [2.05, 4.69) is 16.7 Å². The first-order chi connectivity index (χ1) is 17.7. The van der Waals surface area contributed by atoms with Crippen LogP contribution in [-0.4, -0.2) is 30.7 Å². The molecule has 5 aromatic rings. The van der Waals surface area contributed by atoms with Crippen molar-refractivity contribution in [2.75, 3.05) is 10.8 Å². The van der Waals surface area contributed by atoms with Crippen LogP contribution in [-0.2, 0) is 16.6 Å². The molecule has 0 amide bonds. The molecule has 0 aliphatic rings. The van der Waals surface area contributed by atoms with E-state index in [4.69, 9.17) is 11.6 Å². The highest BCUT2D eigenvalue weighted by atomic mass is 35.5. The molecule has 1 unspecified atom stereocenters. The summed E-state index contributed by atoms with van der Waals surface area (Å²) in [5.74, 6) is 0. The number of halogens is 1. The number of anilines is 1. The van der Waals surface area contributed by atoms with Crippen LogP contribution in [0.3, 0.4) is 0 Å². The molecule has 1 heterocycles. The van der Waals surface area contributed by atoms with Crippen molar-refractivity contribution in [2.24, 2.45) is 0 Å². The van der Waals surface area contributed by atoms with Crippen molar-refractivity contribution in [3.63, 3.8) is 0 Å². The molecular weight excluding hydrogens is 504 g/mol. The molecule has 0 aliphatic heterocycles. The van der Waals surface area contributed by atoms with E-state index in [1.807, 2.05) is 69.3 Å². The van der Waals surface area contributed by atoms with Gasteiger partial charge in [0, 0.05) is 26.8 Å². The van der Waals surface area contributed by atoms with E-state index >= 15 is 0 Å². The summed E-state index contributed by atoms with van der Waals surface area (Å²) in [5, 5.41) is 14.1. The third kappa shape index (κ3) is 4.73. The Morgan fingerprint density at radius 1 is 0.838 bits per heavy atom. The van der Waals surface area contributed by atoms with E-state index in [9.17, 15) is 13.5 Å². The standard InChI is InChI=1S/C30H29ClN2O3S/c1-20-16-21(2)30(22(3)17-20)33(37(35,36)25-14-12-23(31)13-15-25)19-24(34)18-32-28-10-6-4-8-26(28)27-9-5-7-11-29(27)32/h4-17,24,34H,18-19H2,1-3H3. The van der Waals surface area contributed by atoms with Gasteiger partial charge in [-0.2, -0.15) is 0 Å². The van der Waals surface area contributed by atoms with Gasteiger partial charge in [0.05, 0.1) is 29.8 Å². The number of hydrogen-bond acceptors (Lipinski definition) is 3. The van der Waals surface area contributed by atoms with E-state index in [0.29, 0.717) is 10.7 Å². The first-order valence-corrected chi connectivity index (χ1v) is 14.0. The zero-order valence-electron chi connectivity index (χ0n) is 21.0. The molecule has 1 N–H and O–H groups in total. The topological polar surface area (TPSA) is 62.5 Å². The first-order valence-electron chi connectivity index (χ1n) is 12.2. The number of aromatic nitrogens is 1. The third-order valence-corrected chi connectivity index (χ3v) is 8.77. The maximum absolute atomic E-state index is 14.0. The molecule has 190 valence electrons. The highest BCUT2D eigenvalue weighted by molar-refractivity contribution is 7.92. The van der Waals surface area contributed by atoms with Gasteiger partial charge in [0.1, 0.15) is 0 Å². The number of aliphatic hydroxyl groups is 1. The number of fused-ring (bicyclic) bond motifs is 3. The Bertz CT molecular complexity index is 1630. The largest absolute Gasteiger partial charge is 0.389 e. The van der Waals surface area contributed by atoms with Crippen molar-refractivity contribution < 1.29 is 13.5 Å². The average molecular weight is 533 g/mol. The van der Waals surface area contributed by atoms with Crippen molar-refractivity contribution in [3.05, 3.63) is 107 Å². The van der Waals surface area contributed by atoms with Gasteiger partial charge in [0.25, 0.3) is 10.0 Å². The number of hydrogen-bond donors (Lipinski definition) is 1. The summed E-state index contributed by atoms with van der Waals surface area (Å²) in [7, 11) is -3.98. The third-order valence-electron chi connectivity index (χ3n) is 6.74. The fourth-order valence-corrected chi connectivity index (χ4v) is 7.03. The molecule has 37 heavy (non-hydrogen) atoms. The number of sulfonamides is 1. The summed E-state index contributed by atoms with van der Waals surface area (Å²) in [6, 6.07) is 26.2. The van der Waals surface area contributed by atoms with Crippen molar-refractivity contribution >= 4 is 49.1 Å². The highest BCUT2D eigenvalue weighted by Crippen LogP contribution is 2.33. The van der Waals surface area contributed by atoms with Crippen LogP contribution in [0.4, 0.5) is 5.69 Å². The fourth-order valence-electron chi connectivity index (χ4n) is 5.27. The maximum Gasteiger partial charge on any atom is 0.264 e. The lowest BCUT2D eigenvalue weighted by molar-refractivity contribution is 0.166. The zero-order chi connectivity index (χ0) is 26.3. The Morgan fingerprint density at radius 3 is 1.89 bits per heavy atom. The lowest BCUT2D eigenvalue weighted by Crippen LogP contribution is -2.40. The smallest absolute Gasteiger partial charge is 0.264 e. The number of aryl methyl sites for hydroxylation is 3. The van der Waals surface area contributed by atoms with Crippen LogP contribution in [0.5, 0.6) is 0 Å². The summed E-state index contributed by atoms with van der Waals surface area (Å²) < 4.78 is 31.3. The zero-order valence-corrected chi connectivity index (χ0v) is 22.6. The average Bonchev–Trinajstić information content (AvgIpc) is 3.17. The Balaban J connectivity index is 1.58. The van der Waals surface area contributed by atoms with Crippen molar-refractivity contribution in [2.45, 2.75) is 38.3 Å². The van der Waals surface area contributed by atoms with Crippen LogP contribution in [0.25, 0.3) is 21.8 Å². The first kappa shape index (κ1) is 25.3. The molecule has 1 aromatic heterocycles. The van der Waals surface area contributed by atoms with Gasteiger partial charge in [0.2, 0.25) is 0 Å². The number of aliphatic hydroxyl groups excluding tert-OH is 1. The van der Waals surface area contributed by atoms with Crippen LogP contribution in [0.15, 0.2) is 89.8 Å². The van der Waals surface area contributed by atoms with Crippen LogP contribution >= 0.6 is 11.6 Å². The monoisotopic (exact) mass is 532 g/mol. The molecule has 0 radical (unpaired) electrons. The maximum atomic E-state index is 14.0. The second-order valence-corrected chi connectivity index (χ2v) is 11.8. The number of nitrogens with zero attached hydrogens (tertiary/aromatic N) is 2. The molecule has 0 saturated heterocycles. The second-order valence-electron chi connectivity index (χ2n) is 9.54. The molecule has 5 nitrogen and oxygen atoms in total. The minimum Gasteiger partial charge on any atom is -0.389 e. The SMILES string of the molecule is Cc1cc(C)c(N(CC(O)Cn2c3ccccc3c3ccccc32)S(=O)(=O)c2ccc(Cl)cc2)c(C)c1. The molecule has 0 bridgehead atoms. The van der Waals surface area contributed by atoms with Gasteiger partial charge in [-0.3, -0.25) is 4.31 Å². The summed E-state index contributed by atoms with van der Waals surface area (Å²) in [6.07, 6.45) is -0.971. The van der Waals surface area contributed by atoms with Gasteiger partial charge in [0.15, 0.2) is 0 Å². The van der Waals surface area contributed by atoms with Crippen molar-refractivity contribution in [3.8, 4) is 0 Å². The summed E-state index contributed by atoms with van der Waals surface area (Å²) >= 11 is 6.03. The van der Waals surface area contributed by atoms with E-state index in [1.54, 1.807) is 12.1 Å². The van der Waals surface area contributed by atoms with Gasteiger partial charge >= 0.3 is 0 Å². The van der Waals surface area contributed by atoms with E-state index in [1.165, 1.54) is 16.4 Å². The van der Waals surface area contributed by atoms with Gasteiger partial charge in [-0.15, -0.1) is 0 Å². The van der Waals surface area contributed by atoms with Crippen molar-refractivity contribution in [1.82, 2.24) is 4.57 Å². The molecule has 1 atom stereocenters. The Hall–Kier alpha value is -3.32. The molecule has 4 aromatic carbocycles. The van der Waals surface area contributed by atoms with Gasteiger partial charge in [-0.05, 0) is 68.3 Å². The second kappa shape index (κ2) is 9.86. The normalized spacial score (nSPS) is 12.8. The molecule has 7 heteroatoms. The molecule has 0 saturated carbocycles. The van der Waals surface area contributed by atoms with Crippen LogP contribution < -0.4 is 4.31 Å². The molecule has 0 spiro atoms. The summed E-state index contributed by atoms with van der Waals surface area (Å²) in [5.41, 5.74) is 5.29. The molecular formula is C30H29ClN2O3S. The summed E-state index contributed by atoms with van der Waals surface area (Å²) in [6.45, 7) is 5.93. The lowest BCUT2D eigenvalue weighted by Gasteiger charge is -2.30. The van der Waals surface area contributed by atoms with Crippen molar-refractivity contribution in [1.29, 1.82) is 0 Å². The van der Waals surface area contributed by atoms with Crippen LogP contribution in [0.1, 0.15) is 16.7 Å². The van der Waals surface area contributed by atoms with Crippen LogP contribution in [0, 0.1) is 20.8 Å². The number of rotatable bonds is 7. The molecule has 0 fully saturated rings. The predicted molar refractivity (Wildman–Crippen MR) is 152 cm³/mol. The number of benzene rings is 4. The minimum atomic E-state index is -3.98. The summed E-state index contributed by atoms with van der Waals surface area (Å²) in [4.78, 5) is 0.125. The Kier molecular flexibility index (Phi) is 6.75. The van der Waals surface area contributed by atoms with E-state index < -0.39 is 16.1 Å². The Labute approximate surface area is 222 Å². The van der Waals surface area contributed by atoms with Gasteiger partial charge in [-0.1, -0.05) is 65.7 Å². The predicted octanol–water partition coefficient (Wildman–Crippen LogP) is 6.63. The van der Waals surface area contributed by atoms with E-state index in [0.717, 1.165) is 38.5 Å². The molecule has 5 rings (SSSR count). The van der Waals surface area contributed by atoms with Gasteiger partial charge in [-0.25, -0.2) is 8.42 Å². The lowest BCUT2D eigenvalue weighted by atomic mass is 10.0.